The van der Waals surface area contributed by atoms with Gasteiger partial charge in [-0.1, -0.05) is 24.3 Å². The Labute approximate surface area is 157 Å². The number of benzene rings is 2. The van der Waals surface area contributed by atoms with Crippen LogP contribution >= 0.6 is 12.4 Å². The number of aromatic carboxylic acids is 1. The maximum Gasteiger partial charge on any atom is 0.335 e. The summed E-state index contributed by atoms with van der Waals surface area (Å²) < 4.78 is 18.6. The van der Waals surface area contributed by atoms with Crippen molar-refractivity contribution in [3.8, 4) is 11.3 Å². The molecule has 4 nitrogen and oxygen atoms in total. The molecule has 0 aliphatic carbocycles. The van der Waals surface area contributed by atoms with Gasteiger partial charge < -0.3 is 14.8 Å². The SMILES string of the molecule is Cl.O=C(O)c1ccc(-c2ccc(CNCCc3ccc(F)cc3)o2)cc1. The molecule has 0 fully saturated rings. The lowest BCUT2D eigenvalue weighted by Gasteiger charge is -2.03. The molecule has 6 heteroatoms. The van der Waals surface area contributed by atoms with E-state index in [4.69, 9.17) is 9.52 Å². The first kappa shape index (κ1) is 19.7. The number of halogens is 2. The van der Waals surface area contributed by atoms with E-state index in [0.717, 1.165) is 29.9 Å². The van der Waals surface area contributed by atoms with E-state index in [1.54, 1.807) is 36.4 Å². The van der Waals surface area contributed by atoms with Crippen molar-refractivity contribution < 1.29 is 18.7 Å². The number of furan rings is 1. The van der Waals surface area contributed by atoms with E-state index in [9.17, 15) is 9.18 Å². The van der Waals surface area contributed by atoms with Gasteiger partial charge >= 0.3 is 5.97 Å². The van der Waals surface area contributed by atoms with Gasteiger partial charge in [-0.05, 0) is 54.9 Å². The molecule has 0 spiro atoms. The lowest BCUT2D eigenvalue weighted by Crippen LogP contribution is -2.16. The number of carboxylic acid groups (broad SMARTS) is 1. The van der Waals surface area contributed by atoms with Crippen LogP contribution in [0.5, 0.6) is 0 Å². The average Bonchev–Trinajstić information content (AvgIpc) is 3.09. The Bertz CT molecular complexity index is 844. The Hall–Kier alpha value is -2.63. The number of rotatable bonds is 7. The zero-order valence-corrected chi connectivity index (χ0v) is 14.8. The Morgan fingerprint density at radius 2 is 1.69 bits per heavy atom. The standard InChI is InChI=1S/C20H18FNO3.ClH/c21-17-7-1-14(2-8-17)11-12-22-13-18-9-10-19(25-18)15-3-5-16(6-4-15)20(23)24;/h1-10,22H,11-13H2,(H,23,24);1H. The summed E-state index contributed by atoms with van der Waals surface area (Å²) >= 11 is 0. The molecule has 0 atom stereocenters. The average molecular weight is 376 g/mol. The minimum absolute atomic E-state index is 0. The van der Waals surface area contributed by atoms with Gasteiger partial charge in [0.25, 0.3) is 0 Å². The van der Waals surface area contributed by atoms with Crippen LogP contribution in [0.4, 0.5) is 4.39 Å². The van der Waals surface area contributed by atoms with Crippen LogP contribution < -0.4 is 5.32 Å². The second-order valence-corrected chi connectivity index (χ2v) is 5.70. The third kappa shape index (κ3) is 5.18. The molecule has 0 saturated heterocycles. The second kappa shape index (κ2) is 9.17. The monoisotopic (exact) mass is 375 g/mol. The third-order valence-corrected chi connectivity index (χ3v) is 3.88. The first-order valence-electron chi connectivity index (χ1n) is 7.99. The predicted molar refractivity (Wildman–Crippen MR) is 100 cm³/mol. The van der Waals surface area contributed by atoms with E-state index in [1.807, 2.05) is 12.1 Å². The maximum absolute atomic E-state index is 12.8. The van der Waals surface area contributed by atoms with Crippen LogP contribution in [0.1, 0.15) is 21.7 Å². The van der Waals surface area contributed by atoms with Gasteiger partial charge in [-0.25, -0.2) is 9.18 Å². The van der Waals surface area contributed by atoms with E-state index in [1.165, 1.54) is 12.1 Å². The van der Waals surface area contributed by atoms with Crippen molar-refractivity contribution in [3.05, 3.63) is 83.4 Å². The number of carbonyl (C=O) groups is 1. The first-order valence-corrected chi connectivity index (χ1v) is 7.99. The molecule has 26 heavy (non-hydrogen) atoms. The van der Waals surface area contributed by atoms with Crippen molar-refractivity contribution in [3.63, 3.8) is 0 Å². The van der Waals surface area contributed by atoms with Crippen LogP contribution in [-0.2, 0) is 13.0 Å². The van der Waals surface area contributed by atoms with Crippen molar-refractivity contribution in [2.75, 3.05) is 6.54 Å². The van der Waals surface area contributed by atoms with Gasteiger partial charge in [0.2, 0.25) is 0 Å². The van der Waals surface area contributed by atoms with Gasteiger partial charge in [-0.15, -0.1) is 12.4 Å². The summed E-state index contributed by atoms with van der Waals surface area (Å²) in [6.45, 7) is 1.35. The molecule has 3 aromatic rings. The van der Waals surface area contributed by atoms with Gasteiger partial charge in [0.15, 0.2) is 0 Å². The Balaban J connectivity index is 0.00000243. The summed E-state index contributed by atoms with van der Waals surface area (Å²) in [5, 5.41) is 12.2. The molecule has 0 amide bonds. The van der Waals surface area contributed by atoms with E-state index in [0.29, 0.717) is 12.3 Å². The Morgan fingerprint density at radius 3 is 2.35 bits per heavy atom. The molecule has 3 rings (SSSR count). The van der Waals surface area contributed by atoms with E-state index >= 15 is 0 Å². The van der Waals surface area contributed by atoms with E-state index in [2.05, 4.69) is 5.32 Å². The molecule has 1 aromatic heterocycles. The minimum Gasteiger partial charge on any atom is -0.478 e. The van der Waals surface area contributed by atoms with Gasteiger partial charge in [0.1, 0.15) is 17.3 Å². The molecule has 2 N–H and O–H groups in total. The zero-order chi connectivity index (χ0) is 17.6. The highest BCUT2D eigenvalue weighted by atomic mass is 35.5. The highest BCUT2D eigenvalue weighted by molar-refractivity contribution is 5.88. The van der Waals surface area contributed by atoms with E-state index < -0.39 is 5.97 Å². The summed E-state index contributed by atoms with van der Waals surface area (Å²) in [7, 11) is 0. The topological polar surface area (TPSA) is 62.5 Å². The molecule has 136 valence electrons. The van der Waals surface area contributed by atoms with Gasteiger partial charge in [0.05, 0.1) is 12.1 Å². The van der Waals surface area contributed by atoms with Crippen LogP contribution in [0.2, 0.25) is 0 Å². The lowest BCUT2D eigenvalue weighted by atomic mass is 10.1. The minimum atomic E-state index is -0.947. The Morgan fingerprint density at radius 1 is 1.00 bits per heavy atom. The molecular formula is C20H19ClFNO3. The molecule has 0 aliphatic heterocycles. The molecule has 1 heterocycles. The summed E-state index contributed by atoms with van der Waals surface area (Å²) in [5.41, 5.74) is 2.16. The van der Waals surface area contributed by atoms with Crippen LogP contribution in [0.25, 0.3) is 11.3 Å². The van der Waals surface area contributed by atoms with Crippen LogP contribution in [0.3, 0.4) is 0 Å². The van der Waals surface area contributed by atoms with Gasteiger partial charge in [-0.2, -0.15) is 0 Å². The summed E-state index contributed by atoms with van der Waals surface area (Å²) in [6.07, 6.45) is 0.810. The summed E-state index contributed by atoms with van der Waals surface area (Å²) in [6, 6.07) is 16.8. The van der Waals surface area contributed by atoms with Crippen molar-refractivity contribution in [1.29, 1.82) is 0 Å². The van der Waals surface area contributed by atoms with Crippen LogP contribution in [0, 0.1) is 5.82 Å². The highest BCUT2D eigenvalue weighted by Crippen LogP contribution is 2.22. The fraction of sp³-hybridized carbons (Fsp3) is 0.150. The van der Waals surface area contributed by atoms with Crippen molar-refractivity contribution >= 4 is 18.4 Å². The number of carboxylic acids is 1. The quantitative estimate of drug-likeness (QED) is 0.595. The number of hydrogen-bond acceptors (Lipinski definition) is 3. The maximum atomic E-state index is 12.8. The third-order valence-electron chi connectivity index (χ3n) is 3.88. The summed E-state index contributed by atoms with van der Waals surface area (Å²) in [4.78, 5) is 10.9. The van der Waals surface area contributed by atoms with Crippen LogP contribution in [-0.4, -0.2) is 17.6 Å². The highest BCUT2D eigenvalue weighted by Gasteiger charge is 2.07. The molecule has 0 aliphatic rings. The molecular weight excluding hydrogens is 357 g/mol. The molecule has 0 bridgehead atoms. The first-order chi connectivity index (χ1) is 12.1. The zero-order valence-electron chi connectivity index (χ0n) is 13.9. The summed E-state index contributed by atoms with van der Waals surface area (Å²) in [5.74, 6) is 0.331. The van der Waals surface area contributed by atoms with Crippen LogP contribution in [0.15, 0.2) is 65.1 Å². The fourth-order valence-corrected chi connectivity index (χ4v) is 2.50. The molecule has 2 aromatic carbocycles. The predicted octanol–water partition coefficient (Wildman–Crippen LogP) is 4.54. The van der Waals surface area contributed by atoms with Crippen molar-refractivity contribution in [2.45, 2.75) is 13.0 Å². The van der Waals surface area contributed by atoms with Crippen molar-refractivity contribution in [1.82, 2.24) is 5.32 Å². The molecule has 0 saturated carbocycles. The van der Waals surface area contributed by atoms with Gasteiger partial charge in [-0.3, -0.25) is 0 Å². The normalized spacial score (nSPS) is 10.3. The smallest absolute Gasteiger partial charge is 0.335 e. The number of hydrogen-bond donors (Lipinski definition) is 2. The fourth-order valence-electron chi connectivity index (χ4n) is 2.50. The largest absolute Gasteiger partial charge is 0.478 e. The van der Waals surface area contributed by atoms with E-state index in [-0.39, 0.29) is 23.8 Å². The molecule has 0 unspecified atom stereocenters. The lowest BCUT2D eigenvalue weighted by molar-refractivity contribution is 0.0697. The molecule has 0 radical (unpaired) electrons. The van der Waals surface area contributed by atoms with Gasteiger partial charge in [0, 0.05) is 5.56 Å². The Kier molecular flexibility index (Phi) is 6.95. The number of nitrogens with one attached hydrogen (secondary N) is 1. The van der Waals surface area contributed by atoms with Crippen molar-refractivity contribution in [2.24, 2.45) is 0 Å². The second-order valence-electron chi connectivity index (χ2n) is 5.70.